The second-order valence-corrected chi connectivity index (χ2v) is 8.54. The highest BCUT2D eigenvalue weighted by molar-refractivity contribution is 9.09. The fourth-order valence-corrected chi connectivity index (χ4v) is 3.70. The predicted molar refractivity (Wildman–Crippen MR) is 93.9 cm³/mol. The van der Waals surface area contributed by atoms with Crippen LogP contribution in [0.5, 0.6) is 0 Å². The summed E-state index contributed by atoms with van der Waals surface area (Å²) in [4.78, 5) is 12.2. The molecule has 1 aromatic rings. The summed E-state index contributed by atoms with van der Waals surface area (Å²) in [6.07, 6.45) is 9.74. The van der Waals surface area contributed by atoms with Crippen LogP contribution in [0.2, 0.25) is 13.1 Å². The highest BCUT2D eigenvalue weighted by Gasteiger charge is 2.11. The van der Waals surface area contributed by atoms with Gasteiger partial charge in [0.15, 0.2) is 5.78 Å². The zero-order chi connectivity index (χ0) is 14.8. The van der Waals surface area contributed by atoms with Gasteiger partial charge in [0.1, 0.15) is 0 Å². The summed E-state index contributed by atoms with van der Waals surface area (Å²) in [7, 11) is -0.590. The van der Waals surface area contributed by atoms with E-state index in [1.807, 2.05) is 24.3 Å². The highest BCUT2D eigenvalue weighted by atomic mass is 79.9. The van der Waals surface area contributed by atoms with Crippen molar-refractivity contribution in [2.45, 2.75) is 45.2 Å². The van der Waals surface area contributed by atoms with Gasteiger partial charge in [-0.3, -0.25) is 4.79 Å². The minimum atomic E-state index is -0.590. The number of carbonyl (C=O) groups excluding carboxylic acids is 1. The summed E-state index contributed by atoms with van der Waals surface area (Å²) in [6, 6.07) is 8.03. The van der Waals surface area contributed by atoms with Gasteiger partial charge in [-0.05, 0) is 25.3 Å². The monoisotopic (exact) mass is 351 g/mol. The van der Waals surface area contributed by atoms with E-state index in [-0.39, 0.29) is 5.78 Å². The molecule has 0 heterocycles. The van der Waals surface area contributed by atoms with E-state index in [0.717, 1.165) is 17.3 Å². The van der Waals surface area contributed by atoms with Crippen LogP contribution in [0.1, 0.15) is 42.5 Å². The Labute approximate surface area is 133 Å². The molecular weight excluding hydrogens is 328 g/mol. The van der Waals surface area contributed by atoms with Gasteiger partial charge in [0.25, 0.3) is 0 Å². The fraction of sp³-hybridized carbons (Fsp3) is 0.471. The van der Waals surface area contributed by atoms with E-state index in [2.05, 4.69) is 35.1 Å². The molecule has 0 aliphatic heterocycles. The van der Waals surface area contributed by atoms with Gasteiger partial charge in [-0.1, -0.05) is 77.4 Å². The Kier molecular flexibility index (Phi) is 8.79. The smallest absolute Gasteiger partial charge is 0.185 e. The van der Waals surface area contributed by atoms with E-state index < -0.39 is 8.80 Å². The third-order valence-corrected chi connectivity index (χ3v) is 5.33. The van der Waals surface area contributed by atoms with Crippen molar-refractivity contribution in [1.82, 2.24) is 0 Å². The minimum absolute atomic E-state index is 0.159. The zero-order valence-electron chi connectivity index (χ0n) is 12.5. The lowest BCUT2D eigenvalue weighted by molar-refractivity contribution is 0.104. The molecule has 0 aliphatic carbocycles. The van der Waals surface area contributed by atoms with E-state index in [1.165, 1.54) is 30.9 Å². The third-order valence-electron chi connectivity index (χ3n) is 3.25. The lowest BCUT2D eigenvalue weighted by Crippen LogP contribution is -2.28. The summed E-state index contributed by atoms with van der Waals surface area (Å²) in [5.74, 6) is 0.159. The van der Waals surface area contributed by atoms with Crippen LogP contribution < -0.4 is 5.19 Å². The standard InChI is InChI=1S/C17H24BrOSi/c1-20(2)17-13-9-8-11-15(17)16(19)12-7-5-3-4-6-10-14-18/h7-9,11-13H,3-6,10,14H2,1-2H3/b12-7+. The van der Waals surface area contributed by atoms with E-state index in [4.69, 9.17) is 0 Å². The first-order chi connectivity index (χ1) is 9.66. The van der Waals surface area contributed by atoms with Crippen LogP contribution in [0.4, 0.5) is 0 Å². The quantitative estimate of drug-likeness (QED) is 0.206. The molecule has 1 nitrogen and oxygen atoms in total. The lowest BCUT2D eigenvalue weighted by atomic mass is 10.1. The molecule has 0 aromatic heterocycles. The number of benzene rings is 1. The van der Waals surface area contributed by atoms with Crippen LogP contribution in [0.25, 0.3) is 0 Å². The number of hydrogen-bond donors (Lipinski definition) is 0. The molecule has 0 saturated carbocycles. The normalized spacial score (nSPS) is 11.4. The maximum atomic E-state index is 12.2. The molecule has 0 fully saturated rings. The Bertz CT molecular complexity index is 440. The molecule has 3 heteroatoms. The largest absolute Gasteiger partial charge is 0.289 e. The first-order valence-electron chi connectivity index (χ1n) is 7.33. The van der Waals surface area contributed by atoms with Crippen molar-refractivity contribution < 1.29 is 4.79 Å². The van der Waals surface area contributed by atoms with Crippen LogP contribution in [-0.4, -0.2) is 19.9 Å². The maximum Gasteiger partial charge on any atom is 0.185 e. The van der Waals surface area contributed by atoms with Crippen LogP contribution in [0.3, 0.4) is 0 Å². The molecule has 109 valence electrons. The first kappa shape index (κ1) is 17.4. The Morgan fingerprint density at radius 3 is 2.55 bits per heavy atom. The van der Waals surface area contributed by atoms with Crippen LogP contribution in [-0.2, 0) is 0 Å². The summed E-state index contributed by atoms with van der Waals surface area (Å²) in [5, 5.41) is 2.33. The van der Waals surface area contributed by atoms with Gasteiger partial charge in [0, 0.05) is 10.9 Å². The second-order valence-electron chi connectivity index (χ2n) is 5.20. The Morgan fingerprint density at radius 1 is 1.15 bits per heavy atom. The number of ketones is 1. The Morgan fingerprint density at radius 2 is 1.85 bits per heavy atom. The Balaban J connectivity index is 2.46. The van der Waals surface area contributed by atoms with Gasteiger partial charge in [0.05, 0.1) is 8.80 Å². The van der Waals surface area contributed by atoms with Gasteiger partial charge in [-0.2, -0.15) is 0 Å². The van der Waals surface area contributed by atoms with Crippen molar-refractivity contribution in [2.24, 2.45) is 0 Å². The molecule has 20 heavy (non-hydrogen) atoms. The first-order valence-corrected chi connectivity index (χ1v) is 11.0. The second kappa shape index (κ2) is 10.1. The highest BCUT2D eigenvalue weighted by Crippen LogP contribution is 2.06. The third kappa shape index (κ3) is 6.19. The average molecular weight is 352 g/mol. The number of hydrogen-bond acceptors (Lipinski definition) is 1. The molecule has 0 atom stereocenters. The van der Waals surface area contributed by atoms with Gasteiger partial charge in [0.2, 0.25) is 0 Å². The van der Waals surface area contributed by atoms with Gasteiger partial charge in [-0.25, -0.2) is 0 Å². The number of halogens is 1. The summed E-state index contributed by atoms with van der Waals surface area (Å²) in [5.41, 5.74) is 0.891. The maximum absolute atomic E-state index is 12.2. The molecule has 0 bridgehead atoms. The van der Waals surface area contributed by atoms with Crippen LogP contribution in [0.15, 0.2) is 36.4 Å². The lowest BCUT2D eigenvalue weighted by Gasteiger charge is -2.08. The molecule has 0 N–H and O–H groups in total. The molecule has 0 unspecified atom stereocenters. The number of alkyl halides is 1. The van der Waals surface area contributed by atoms with Crippen molar-refractivity contribution in [2.75, 3.05) is 5.33 Å². The molecule has 0 spiro atoms. The topological polar surface area (TPSA) is 17.1 Å². The summed E-state index contributed by atoms with van der Waals surface area (Å²) < 4.78 is 0. The van der Waals surface area contributed by atoms with E-state index in [1.54, 1.807) is 6.08 Å². The minimum Gasteiger partial charge on any atom is -0.289 e. The SMILES string of the molecule is C[Si](C)c1ccccc1C(=O)/C=C/CCCCCCBr. The van der Waals surface area contributed by atoms with E-state index >= 15 is 0 Å². The number of carbonyl (C=O) groups is 1. The fourth-order valence-electron chi connectivity index (χ4n) is 2.12. The number of rotatable bonds is 9. The molecule has 0 saturated heterocycles. The molecule has 0 aliphatic rings. The average Bonchev–Trinajstić information content (AvgIpc) is 2.46. The van der Waals surface area contributed by atoms with Crippen molar-refractivity contribution >= 4 is 35.7 Å². The number of unbranched alkanes of at least 4 members (excludes halogenated alkanes) is 4. The van der Waals surface area contributed by atoms with Gasteiger partial charge in [-0.15, -0.1) is 0 Å². The summed E-state index contributed by atoms with van der Waals surface area (Å²) in [6.45, 7) is 4.45. The summed E-state index contributed by atoms with van der Waals surface area (Å²) >= 11 is 3.44. The number of allylic oxidation sites excluding steroid dienone is 2. The zero-order valence-corrected chi connectivity index (χ0v) is 15.1. The molecular formula is C17H24BrOSi. The van der Waals surface area contributed by atoms with E-state index in [0.29, 0.717) is 0 Å². The van der Waals surface area contributed by atoms with Crippen LogP contribution in [0, 0.1) is 0 Å². The molecule has 1 rings (SSSR count). The Hall–Kier alpha value is -0.673. The van der Waals surface area contributed by atoms with E-state index in [9.17, 15) is 4.79 Å². The van der Waals surface area contributed by atoms with Crippen molar-refractivity contribution in [3.05, 3.63) is 42.0 Å². The molecule has 1 radical (unpaired) electrons. The van der Waals surface area contributed by atoms with Crippen molar-refractivity contribution in [1.29, 1.82) is 0 Å². The van der Waals surface area contributed by atoms with Crippen LogP contribution >= 0.6 is 15.9 Å². The van der Waals surface area contributed by atoms with Gasteiger partial charge >= 0.3 is 0 Å². The van der Waals surface area contributed by atoms with Crippen molar-refractivity contribution in [3.8, 4) is 0 Å². The molecule has 0 amide bonds. The molecule has 1 aromatic carbocycles. The van der Waals surface area contributed by atoms with Crippen molar-refractivity contribution in [3.63, 3.8) is 0 Å². The predicted octanol–water partition coefficient (Wildman–Crippen LogP) is 4.73. The van der Waals surface area contributed by atoms with Gasteiger partial charge < -0.3 is 0 Å².